The van der Waals surface area contributed by atoms with Gasteiger partial charge in [-0.3, -0.25) is 15.8 Å². The number of benzene rings is 1. The van der Waals surface area contributed by atoms with Crippen molar-refractivity contribution in [3.8, 4) is 0 Å². The Kier molecular flexibility index (Phi) is 8.67. The summed E-state index contributed by atoms with van der Waals surface area (Å²) in [6.45, 7) is 14.9. The zero-order valence-corrected chi connectivity index (χ0v) is 34.6. The fourth-order valence-electron chi connectivity index (χ4n) is 13.6. The molecule has 302 valence electrons. The number of hydrogen-bond acceptors (Lipinski definition) is 13. The fraction of sp³-hybridized carbons (Fsp3) is 0.568. The summed E-state index contributed by atoms with van der Waals surface area (Å²) in [5.41, 5.74) is 19.5. The molecule has 2 atom stereocenters. The number of allylic oxidation sites excluding steroid dienone is 3. The SMILES string of the molecule is CC(=NCC12CC3(C)CC4(OCCN5CCCC5)CC(C)(C1)C34C2)/C(=C\N)c1ccc(N2CCCC3=C2NNC(Nc2nc4ccccc4s2)=C3C)nc1C(O)O. The maximum atomic E-state index is 10.7. The second kappa shape index (κ2) is 13.3. The summed E-state index contributed by atoms with van der Waals surface area (Å²) in [7, 11) is 0. The third kappa shape index (κ3) is 5.48. The molecule has 7 aliphatic rings. The molecule has 2 aromatic heterocycles. The topological polar surface area (TPSA) is 156 Å². The number of nitrogens with two attached hydrogens (primary N) is 1. The van der Waals surface area contributed by atoms with Crippen LogP contribution in [0, 0.1) is 21.7 Å². The van der Waals surface area contributed by atoms with Gasteiger partial charge in [0.1, 0.15) is 23.2 Å². The number of ether oxygens (including phenoxy) is 1. The molecule has 5 heterocycles. The molecule has 3 aliphatic heterocycles. The first-order valence-corrected chi connectivity index (χ1v) is 21.8. The Balaban J connectivity index is 0.866. The van der Waals surface area contributed by atoms with Crippen LogP contribution in [0.4, 0.5) is 10.9 Å². The highest BCUT2D eigenvalue weighted by atomic mass is 32.1. The molecule has 0 radical (unpaired) electrons. The maximum absolute atomic E-state index is 10.7. The number of likely N-dealkylation sites (tertiary alicyclic amines) is 1. The van der Waals surface area contributed by atoms with Gasteiger partial charge in [0, 0.05) is 53.7 Å². The third-order valence-electron chi connectivity index (χ3n) is 15.3. The van der Waals surface area contributed by atoms with E-state index in [1.807, 2.05) is 37.3 Å². The highest BCUT2D eigenvalue weighted by Crippen LogP contribution is 2.95. The summed E-state index contributed by atoms with van der Waals surface area (Å²) in [5.74, 6) is 2.38. The number of nitrogens with zero attached hydrogens (tertiary/aromatic N) is 5. The van der Waals surface area contributed by atoms with E-state index in [0.717, 1.165) is 77.4 Å². The first-order chi connectivity index (χ1) is 27.4. The van der Waals surface area contributed by atoms with Crippen LogP contribution in [0.1, 0.15) is 103 Å². The van der Waals surface area contributed by atoms with E-state index in [-0.39, 0.29) is 22.1 Å². The minimum absolute atomic E-state index is 0.0365. The molecular weight excluding hydrogens is 735 g/mol. The Morgan fingerprint density at radius 1 is 1.02 bits per heavy atom. The van der Waals surface area contributed by atoms with E-state index in [4.69, 9.17) is 25.4 Å². The quantitative estimate of drug-likeness (QED) is 0.0875. The van der Waals surface area contributed by atoms with Crippen molar-refractivity contribution in [1.82, 2.24) is 25.7 Å². The Morgan fingerprint density at radius 2 is 1.79 bits per heavy atom. The van der Waals surface area contributed by atoms with Crippen LogP contribution in [0.2, 0.25) is 0 Å². The van der Waals surface area contributed by atoms with Gasteiger partial charge in [0.2, 0.25) is 0 Å². The van der Waals surface area contributed by atoms with Gasteiger partial charge in [-0.2, -0.15) is 0 Å². The molecule has 12 nitrogen and oxygen atoms in total. The molecule has 2 unspecified atom stereocenters. The fourth-order valence-corrected chi connectivity index (χ4v) is 14.5. The number of thiazole rings is 1. The average molecular weight is 792 g/mol. The molecular formula is C44H57N9O3S. The largest absolute Gasteiger partial charge is 0.404 e. The van der Waals surface area contributed by atoms with Crippen molar-refractivity contribution in [2.24, 2.45) is 32.4 Å². The van der Waals surface area contributed by atoms with Gasteiger partial charge in [0.25, 0.3) is 0 Å². The third-order valence-corrected chi connectivity index (χ3v) is 16.2. The molecule has 57 heavy (non-hydrogen) atoms. The zero-order valence-electron chi connectivity index (χ0n) is 33.7. The lowest BCUT2D eigenvalue weighted by Crippen LogP contribution is -2.82. The predicted octanol–water partition coefficient (Wildman–Crippen LogP) is 6.54. The van der Waals surface area contributed by atoms with Gasteiger partial charge in [0.15, 0.2) is 11.4 Å². The molecule has 0 amide bonds. The highest BCUT2D eigenvalue weighted by Gasteiger charge is 2.93. The number of fused-ring (bicyclic) bond motifs is 2. The van der Waals surface area contributed by atoms with E-state index < -0.39 is 6.29 Å². The lowest BCUT2D eigenvalue weighted by Gasteiger charge is -2.82. The molecule has 4 saturated carbocycles. The van der Waals surface area contributed by atoms with Crippen molar-refractivity contribution in [2.45, 2.75) is 97.4 Å². The van der Waals surface area contributed by atoms with Crippen LogP contribution in [-0.4, -0.2) is 75.7 Å². The summed E-state index contributed by atoms with van der Waals surface area (Å²) in [6.07, 6.45) is 10.1. The Labute approximate surface area is 339 Å². The summed E-state index contributed by atoms with van der Waals surface area (Å²) in [4.78, 5) is 19.6. The molecule has 10 rings (SSSR count). The van der Waals surface area contributed by atoms with E-state index in [2.05, 4.69) is 52.8 Å². The van der Waals surface area contributed by atoms with Gasteiger partial charge in [-0.05, 0) is 131 Å². The van der Waals surface area contributed by atoms with Gasteiger partial charge < -0.3 is 35.8 Å². The number of aliphatic hydroxyl groups is 2. The number of aromatic nitrogens is 2. The maximum Gasteiger partial charge on any atom is 0.196 e. The van der Waals surface area contributed by atoms with E-state index in [9.17, 15) is 10.2 Å². The number of hydrogen-bond donors (Lipinski definition) is 6. The highest BCUT2D eigenvalue weighted by molar-refractivity contribution is 7.22. The Bertz CT molecular complexity index is 2200. The van der Waals surface area contributed by atoms with Crippen LogP contribution in [0.3, 0.4) is 0 Å². The zero-order chi connectivity index (χ0) is 39.4. The van der Waals surface area contributed by atoms with Gasteiger partial charge in [-0.25, -0.2) is 9.97 Å². The lowest BCUT2D eigenvalue weighted by atomic mass is 9.25. The number of hydrazine groups is 1. The van der Waals surface area contributed by atoms with Crippen LogP contribution in [-0.2, 0) is 4.74 Å². The van der Waals surface area contributed by atoms with Crippen LogP contribution in [0.25, 0.3) is 15.8 Å². The minimum Gasteiger partial charge on any atom is -0.404 e. The van der Waals surface area contributed by atoms with Crippen molar-refractivity contribution in [3.05, 3.63) is 76.6 Å². The van der Waals surface area contributed by atoms with Crippen molar-refractivity contribution >= 4 is 43.8 Å². The molecule has 5 fully saturated rings. The summed E-state index contributed by atoms with van der Waals surface area (Å²) in [5, 5.41) is 25.8. The van der Waals surface area contributed by atoms with E-state index in [0.29, 0.717) is 27.8 Å². The molecule has 1 spiro atoms. The summed E-state index contributed by atoms with van der Waals surface area (Å²) >= 11 is 1.62. The number of nitrogens with one attached hydrogen (secondary N) is 3. The normalized spacial score (nSPS) is 33.4. The lowest BCUT2D eigenvalue weighted by molar-refractivity contribution is -0.397. The van der Waals surface area contributed by atoms with Crippen LogP contribution in [0.5, 0.6) is 0 Å². The minimum atomic E-state index is -1.79. The molecule has 1 aromatic carbocycles. The molecule has 3 aromatic rings. The second-order valence-electron chi connectivity index (χ2n) is 18.7. The number of rotatable bonds is 12. The summed E-state index contributed by atoms with van der Waals surface area (Å²) < 4.78 is 8.05. The number of anilines is 2. The monoisotopic (exact) mass is 791 g/mol. The second-order valence-corrected chi connectivity index (χ2v) is 19.7. The van der Waals surface area contributed by atoms with Crippen molar-refractivity contribution < 1.29 is 14.9 Å². The number of para-hydroxylation sites is 1. The smallest absolute Gasteiger partial charge is 0.196 e. The van der Waals surface area contributed by atoms with Crippen LogP contribution >= 0.6 is 11.3 Å². The molecule has 7 N–H and O–H groups in total. The molecule has 4 aliphatic carbocycles. The van der Waals surface area contributed by atoms with Crippen molar-refractivity contribution in [2.75, 3.05) is 49.5 Å². The molecule has 1 saturated heterocycles. The van der Waals surface area contributed by atoms with Crippen molar-refractivity contribution in [3.63, 3.8) is 0 Å². The van der Waals surface area contributed by atoms with E-state index in [1.165, 1.54) is 63.6 Å². The predicted molar refractivity (Wildman–Crippen MR) is 226 cm³/mol. The molecule has 13 heteroatoms. The van der Waals surface area contributed by atoms with Crippen molar-refractivity contribution in [1.29, 1.82) is 0 Å². The average Bonchev–Trinajstić information content (AvgIpc) is 3.95. The molecule has 2 bridgehead atoms. The van der Waals surface area contributed by atoms with Gasteiger partial charge in [0.05, 0.1) is 22.4 Å². The van der Waals surface area contributed by atoms with Crippen LogP contribution in [0.15, 0.2) is 70.4 Å². The van der Waals surface area contributed by atoms with E-state index in [1.54, 1.807) is 17.5 Å². The standard InChI is InChI=1S/C44H57N9O3S/c1-27-29-10-9-17-53(37(29)51-50-36(27)49-39-47-32-11-5-6-12-33(32)57-39)34-14-13-30(35(48-34)38(54)55)31(20-45)28(2)46-26-42-21-40(3)23-43(56-19-18-52-15-7-8-16-52)24-41(4,22-42)44(40,43)25-42/h5-6,11-14,20,38,50-51,54-55H,7-10,15-19,21-26,45H2,1-4H3,(H,47,49)/b31-20+,46-28?. The Morgan fingerprint density at radius 3 is 2.53 bits per heavy atom. The van der Waals surface area contributed by atoms with Gasteiger partial charge in [-0.15, -0.1) is 0 Å². The number of aliphatic hydroxyl groups excluding tert-OH is 1. The number of aliphatic imine (C=N–C) groups is 1. The number of pyridine rings is 1. The van der Waals surface area contributed by atoms with Crippen LogP contribution < -0.4 is 26.8 Å². The van der Waals surface area contributed by atoms with Gasteiger partial charge >= 0.3 is 0 Å². The van der Waals surface area contributed by atoms with E-state index >= 15 is 0 Å². The first-order valence-electron chi connectivity index (χ1n) is 21.0. The van der Waals surface area contributed by atoms with Gasteiger partial charge in [-0.1, -0.05) is 37.3 Å². The Hall–Kier alpha value is -4.01. The summed E-state index contributed by atoms with van der Waals surface area (Å²) in [6, 6.07) is 12.0. The first kappa shape index (κ1) is 37.3.